The lowest BCUT2D eigenvalue weighted by molar-refractivity contribution is 0.325. The van der Waals surface area contributed by atoms with Gasteiger partial charge < -0.3 is 10.6 Å². The van der Waals surface area contributed by atoms with Crippen LogP contribution in [0.2, 0.25) is 0 Å². The highest BCUT2D eigenvalue weighted by Crippen LogP contribution is 2.31. The highest BCUT2D eigenvalue weighted by Gasteiger charge is 2.23. The quantitative estimate of drug-likeness (QED) is 0.833. The van der Waals surface area contributed by atoms with E-state index in [2.05, 4.69) is 23.7 Å². The Balaban J connectivity index is 2.16. The number of nitrogens with zero attached hydrogens (tertiary/aromatic N) is 2. The molecule has 1 aromatic rings. The molecule has 1 aromatic heterocycles. The van der Waals surface area contributed by atoms with Gasteiger partial charge in [-0.15, -0.1) is 0 Å². The second kappa shape index (κ2) is 5.22. The van der Waals surface area contributed by atoms with Crippen LogP contribution in [0.5, 0.6) is 0 Å². The zero-order valence-electron chi connectivity index (χ0n) is 11.1. The molecule has 98 valence electrons. The average molecular weight is 263 g/mol. The minimum Gasteiger partial charge on any atom is -0.388 e. The molecule has 0 bridgehead atoms. The van der Waals surface area contributed by atoms with Crippen molar-refractivity contribution in [1.82, 2.24) is 4.98 Å². The van der Waals surface area contributed by atoms with Crippen LogP contribution in [0.25, 0.3) is 0 Å². The van der Waals surface area contributed by atoms with Crippen molar-refractivity contribution < 1.29 is 0 Å². The van der Waals surface area contributed by atoms with E-state index >= 15 is 0 Å². The fourth-order valence-electron chi connectivity index (χ4n) is 2.43. The van der Waals surface area contributed by atoms with E-state index < -0.39 is 0 Å². The van der Waals surface area contributed by atoms with Crippen molar-refractivity contribution >= 4 is 22.9 Å². The molecule has 18 heavy (non-hydrogen) atoms. The summed E-state index contributed by atoms with van der Waals surface area (Å²) in [5, 5.41) is 0. The standard InChI is InChI=1S/C14H21N3S/c1-14(2)5-3-8-17(9-6-14)11-4-7-16-12(10-11)13(15)18/h4,7,10H,3,5-6,8-9H2,1-2H3,(H2,15,18). The number of nitrogens with two attached hydrogens (primary N) is 1. The van der Waals surface area contributed by atoms with Gasteiger partial charge in [-0.2, -0.15) is 0 Å². The maximum absolute atomic E-state index is 5.64. The number of aromatic nitrogens is 1. The third-order valence-electron chi connectivity index (χ3n) is 3.70. The highest BCUT2D eigenvalue weighted by molar-refractivity contribution is 7.80. The van der Waals surface area contributed by atoms with Crippen molar-refractivity contribution in [1.29, 1.82) is 0 Å². The summed E-state index contributed by atoms with van der Waals surface area (Å²) in [5.74, 6) is 0. The molecule has 0 spiro atoms. The van der Waals surface area contributed by atoms with Gasteiger partial charge in [-0.3, -0.25) is 4.98 Å². The smallest absolute Gasteiger partial charge is 0.122 e. The van der Waals surface area contributed by atoms with Crippen LogP contribution >= 0.6 is 12.2 Å². The van der Waals surface area contributed by atoms with Crippen LogP contribution in [0, 0.1) is 5.41 Å². The Kier molecular flexibility index (Phi) is 3.85. The molecule has 2 rings (SSSR count). The number of hydrogen-bond donors (Lipinski definition) is 1. The second-order valence-corrected chi connectivity index (χ2v) is 6.21. The molecule has 1 saturated heterocycles. The molecular weight excluding hydrogens is 242 g/mol. The zero-order valence-corrected chi connectivity index (χ0v) is 12.0. The fraction of sp³-hybridized carbons (Fsp3) is 0.571. The third-order valence-corrected chi connectivity index (χ3v) is 3.91. The molecule has 3 nitrogen and oxygen atoms in total. The van der Waals surface area contributed by atoms with Crippen molar-refractivity contribution in [3.8, 4) is 0 Å². The molecule has 0 saturated carbocycles. The van der Waals surface area contributed by atoms with Gasteiger partial charge in [-0.05, 0) is 36.8 Å². The molecule has 4 heteroatoms. The lowest BCUT2D eigenvalue weighted by Gasteiger charge is -2.25. The maximum Gasteiger partial charge on any atom is 0.122 e. The molecule has 0 unspecified atom stereocenters. The summed E-state index contributed by atoms with van der Waals surface area (Å²) in [5.41, 5.74) is 7.99. The summed E-state index contributed by atoms with van der Waals surface area (Å²) in [6.07, 6.45) is 5.53. The van der Waals surface area contributed by atoms with Crippen LogP contribution in [0.4, 0.5) is 5.69 Å². The first-order valence-electron chi connectivity index (χ1n) is 6.49. The average Bonchev–Trinajstić information content (AvgIpc) is 2.50. The summed E-state index contributed by atoms with van der Waals surface area (Å²) in [6, 6.07) is 4.04. The highest BCUT2D eigenvalue weighted by atomic mass is 32.1. The van der Waals surface area contributed by atoms with Gasteiger partial charge in [-0.1, -0.05) is 26.1 Å². The maximum atomic E-state index is 5.64. The Morgan fingerprint density at radius 1 is 1.39 bits per heavy atom. The van der Waals surface area contributed by atoms with Crippen molar-refractivity contribution in [3.63, 3.8) is 0 Å². The van der Waals surface area contributed by atoms with Gasteiger partial charge in [0.2, 0.25) is 0 Å². The van der Waals surface area contributed by atoms with E-state index in [0.29, 0.717) is 16.1 Å². The molecule has 0 amide bonds. The van der Waals surface area contributed by atoms with E-state index in [1.807, 2.05) is 12.1 Å². The topological polar surface area (TPSA) is 42.2 Å². The first-order valence-corrected chi connectivity index (χ1v) is 6.90. The molecule has 2 heterocycles. The van der Waals surface area contributed by atoms with E-state index in [4.69, 9.17) is 18.0 Å². The number of rotatable bonds is 2. The summed E-state index contributed by atoms with van der Waals surface area (Å²) in [6.45, 7) is 6.89. The van der Waals surface area contributed by atoms with Gasteiger partial charge in [0.05, 0.1) is 5.69 Å². The molecule has 0 aromatic carbocycles. The largest absolute Gasteiger partial charge is 0.388 e. The van der Waals surface area contributed by atoms with E-state index in [1.54, 1.807) is 6.20 Å². The minimum atomic E-state index is 0.368. The second-order valence-electron chi connectivity index (χ2n) is 5.77. The third kappa shape index (κ3) is 3.19. The van der Waals surface area contributed by atoms with Gasteiger partial charge in [0, 0.05) is 25.0 Å². The molecule has 0 aliphatic carbocycles. The molecular formula is C14H21N3S. The van der Waals surface area contributed by atoms with E-state index in [1.165, 1.54) is 24.9 Å². The van der Waals surface area contributed by atoms with Crippen molar-refractivity contribution in [2.45, 2.75) is 33.1 Å². The van der Waals surface area contributed by atoms with Crippen molar-refractivity contribution in [2.75, 3.05) is 18.0 Å². The summed E-state index contributed by atoms with van der Waals surface area (Å²) < 4.78 is 0. The Morgan fingerprint density at radius 3 is 2.89 bits per heavy atom. The summed E-state index contributed by atoms with van der Waals surface area (Å²) in [4.78, 5) is 6.98. The first-order chi connectivity index (χ1) is 8.48. The monoisotopic (exact) mass is 263 g/mol. The summed E-state index contributed by atoms with van der Waals surface area (Å²) in [7, 11) is 0. The van der Waals surface area contributed by atoms with Crippen LogP contribution < -0.4 is 10.6 Å². The van der Waals surface area contributed by atoms with E-state index in [9.17, 15) is 0 Å². The molecule has 2 N–H and O–H groups in total. The Bertz CT molecular complexity index is 442. The Labute approximate surface area is 114 Å². The number of pyridine rings is 1. The van der Waals surface area contributed by atoms with Crippen molar-refractivity contribution in [3.05, 3.63) is 24.0 Å². The number of hydrogen-bond acceptors (Lipinski definition) is 3. The van der Waals surface area contributed by atoms with Crippen LogP contribution in [0.1, 0.15) is 38.8 Å². The van der Waals surface area contributed by atoms with Gasteiger partial charge in [0.15, 0.2) is 0 Å². The summed E-state index contributed by atoms with van der Waals surface area (Å²) >= 11 is 4.98. The van der Waals surface area contributed by atoms with Gasteiger partial charge in [0.1, 0.15) is 4.99 Å². The van der Waals surface area contributed by atoms with E-state index in [-0.39, 0.29) is 0 Å². The van der Waals surface area contributed by atoms with Gasteiger partial charge in [-0.25, -0.2) is 0 Å². The SMILES string of the molecule is CC1(C)CCCN(c2ccnc(C(N)=S)c2)CC1. The van der Waals surface area contributed by atoms with Gasteiger partial charge in [0.25, 0.3) is 0 Å². The zero-order chi connectivity index (χ0) is 13.2. The van der Waals surface area contributed by atoms with Crippen LogP contribution in [-0.2, 0) is 0 Å². The molecule has 0 atom stereocenters. The van der Waals surface area contributed by atoms with Crippen molar-refractivity contribution in [2.24, 2.45) is 11.1 Å². The van der Waals surface area contributed by atoms with Crippen LogP contribution in [0.3, 0.4) is 0 Å². The minimum absolute atomic E-state index is 0.368. The lowest BCUT2D eigenvalue weighted by Crippen LogP contribution is -2.25. The molecule has 1 aliphatic heterocycles. The molecule has 0 radical (unpaired) electrons. The lowest BCUT2D eigenvalue weighted by atomic mass is 9.85. The van der Waals surface area contributed by atoms with Crippen LogP contribution in [0.15, 0.2) is 18.3 Å². The molecule has 1 fully saturated rings. The first kappa shape index (κ1) is 13.3. The predicted octanol–water partition coefficient (Wildman–Crippen LogP) is 2.73. The van der Waals surface area contributed by atoms with Gasteiger partial charge >= 0.3 is 0 Å². The number of thiocarbonyl (C=S) groups is 1. The normalized spacial score (nSPS) is 19.3. The fourth-order valence-corrected chi connectivity index (χ4v) is 2.54. The Hall–Kier alpha value is -1.16. The Morgan fingerprint density at radius 2 is 2.17 bits per heavy atom. The predicted molar refractivity (Wildman–Crippen MR) is 80.0 cm³/mol. The number of anilines is 1. The van der Waals surface area contributed by atoms with E-state index in [0.717, 1.165) is 13.1 Å². The molecule has 1 aliphatic rings. The van der Waals surface area contributed by atoms with Crippen LogP contribution in [-0.4, -0.2) is 23.1 Å².